The average molecular weight is 294 g/mol. The summed E-state index contributed by atoms with van der Waals surface area (Å²) in [5.41, 5.74) is 0.889. The Morgan fingerprint density at radius 2 is 2.06 bits per heavy atom. The third kappa shape index (κ3) is 2.13. The van der Waals surface area contributed by atoms with Gasteiger partial charge in [0.2, 0.25) is 5.91 Å². The molecule has 3 heteroatoms. The molecule has 2 bridgehead atoms. The fourth-order valence-electron chi connectivity index (χ4n) is 3.35. The summed E-state index contributed by atoms with van der Waals surface area (Å²) < 4.78 is 0.955. The van der Waals surface area contributed by atoms with Crippen LogP contribution < -0.4 is 5.32 Å². The number of hydrogen-bond donors (Lipinski definition) is 1. The first-order valence-corrected chi connectivity index (χ1v) is 7.08. The second-order valence-corrected chi connectivity index (χ2v) is 6.10. The molecule has 0 heterocycles. The molecule has 1 aromatic rings. The first-order valence-electron chi connectivity index (χ1n) is 6.29. The SMILES string of the molecule is O=C(Nc1ccccc1Br)[C@@H]1C[C@@H]2CC[C@@H]1C2. The minimum atomic E-state index is 0.212. The number of benzene rings is 1. The Morgan fingerprint density at radius 1 is 1.24 bits per heavy atom. The highest BCUT2D eigenvalue weighted by Crippen LogP contribution is 2.48. The van der Waals surface area contributed by atoms with Crippen LogP contribution in [0.5, 0.6) is 0 Å². The Hall–Kier alpha value is -0.830. The van der Waals surface area contributed by atoms with Crippen LogP contribution in [0.2, 0.25) is 0 Å². The minimum absolute atomic E-state index is 0.212. The molecule has 0 aromatic heterocycles. The smallest absolute Gasteiger partial charge is 0.227 e. The standard InChI is InChI=1S/C14H16BrNO/c15-12-3-1-2-4-13(12)16-14(17)11-8-9-5-6-10(11)7-9/h1-4,9-11H,5-8H2,(H,16,17)/t9-,10-,11-/m1/s1. The van der Waals surface area contributed by atoms with Gasteiger partial charge in [-0.3, -0.25) is 4.79 Å². The summed E-state index contributed by atoms with van der Waals surface area (Å²) in [6.45, 7) is 0. The molecule has 2 saturated carbocycles. The lowest BCUT2D eigenvalue weighted by Gasteiger charge is -2.21. The van der Waals surface area contributed by atoms with Gasteiger partial charge in [0.05, 0.1) is 5.69 Å². The fraction of sp³-hybridized carbons (Fsp3) is 0.500. The molecule has 1 amide bonds. The number of carbonyl (C=O) groups excluding carboxylic acids is 1. The van der Waals surface area contributed by atoms with Crippen molar-refractivity contribution >= 4 is 27.5 Å². The second kappa shape index (κ2) is 4.45. The van der Waals surface area contributed by atoms with Crippen molar-refractivity contribution in [2.45, 2.75) is 25.7 Å². The Morgan fingerprint density at radius 3 is 2.71 bits per heavy atom. The molecule has 3 rings (SSSR count). The van der Waals surface area contributed by atoms with E-state index >= 15 is 0 Å². The van der Waals surface area contributed by atoms with Gasteiger partial charge < -0.3 is 5.32 Å². The molecule has 2 fully saturated rings. The summed E-state index contributed by atoms with van der Waals surface area (Å²) in [4.78, 5) is 12.2. The molecule has 2 aliphatic rings. The van der Waals surface area contributed by atoms with Gasteiger partial charge in [0.1, 0.15) is 0 Å². The van der Waals surface area contributed by atoms with Crippen molar-refractivity contribution in [1.82, 2.24) is 0 Å². The van der Waals surface area contributed by atoms with E-state index in [9.17, 15) is 4.79 Å². The predicted molar refractivity (Wildman–Crippen MR) is 71.7 cm³/mol. The maximum Gasteiger partial charge on any atom is 0.227 e. The lowest BCUT2D eigenvalue weighted by molar-refractivity contribution is -0.121. The number of fused-ring (bicyclic) bond motifs is 2. The van der Waals surface area contributed by atoms with E-state index in [-0.39, 0.29) is 11.8 Å². The maximum absolute atomic E-state index is 12.2. The fourth-order valence-corrected chi connectivity index (χ4v) is 3.74. The first kappa shape index (κ1) is 11.3. The Kier molecular flexibility index (Phi) is 2.95. The van der Waals surface area contributed by atoms with Crippen molar-refractivity contribution in [3.05, 3.63) is 28.7 Å². The number of rotatable bonds is 2. The van der Waals surface area contributed by atoms with E-state index in [1.54, 1.807) is 0 Å². The van der Waals surface area contributed by atoms with Gasteiger partial charge in [-0.15, -0.1) is 0 Å². The zero-order valence-electron chi connectivity index (χ0n) is 9.66. The van der Waals surface area contributed by atoms with E-state index in [4.69, 9.17) is 0 Å². The molecule has 90 valence electrons. The molecule has 3 atom stereocenters. The first-order chi connectivity index (χ1) is 8.24. The summed E-state index contributed by atoms with van der Waals surface area (Å²) in [6, 6.07) is 7.80. The zero-order valence-corrected chi connectivity index (χ0v) is 11.2. The van der Waals surface area contributed by atoms with Gasteiger partial charge in [0.15, 0.2) is 0 Å². The quantitative estimate of drug-likeness (QED) is 0.882. The van der Waals surface area contributed by atoms with Crippen LogP contribution in [0.1, 0.15) is 25.7 Å². The van der Waals surface area contributed by atoms with Gasteiger partial charge >= 0.3 is 0 Å². The molecule has 2 aliphatic carbocycles. The molecule has 0 saturated heterocycles. The third-order valence-corrected chi connectivity index (χ3v) is 4.90. The van der Waals surface area contributed by atoms with Crippen molar-refractivity contribution in [3.63, 3.8) is 0 Å². The Balaban J connectivity index is 1.70. The number of para-hydroxylation sites is 1. The number of hydrogen-bond acceptors (Lipinski definition) is 1. The van der Waals surface area contributed by atoms with Crippen LogP contribution >= 0.6 is 15.9 Å². The molecule has 1 aromatic carbocycles. The van der Waals surface area contributed by atoms with Crippen molar-refractivity contribution in [3.8, 4) is 0 Å². The number of amides is 1. The van der Waals surface area contributed by atoms with Crippen LogP contribution in [0.15, 0.2) is 28.7 Å². The molecule has 0 radical (unpaired) electrons. The highest BCUT2D eigenvalue weighted by molar-refractivity contribution is 9.10. The zero-order chi connectivity index (χ0) is 11.8. The van der Waals surface area contributed by atoms with Gasteiger partial charge in [-0.2, -0.15) is 0 Å². The van der Waals surface area contributed by atoms with Crippen LogP contribution in [-0.4, -0.2) is 5.91 Å². The van der Waals surface area contributed by atoms with Crippen LogP contribution in [0.25, 0.3) is 0 Å². The normalized spacial score (nSPS) is 30.5. The predicted octanol–water partition coefficient (Wildman–Crippen LogP) is 3.82. The van der Waals surface area contributed by atoms with Crippen molar-refractivity contribution in [2.24, 2.45) is 17.8 Å². The van der Waals surface area contributed by atoms with Crippen LogP contribution in [0, 0.1) is 17.8 Å². The Bertz CT molecular complexity index is 446. The van der Waals surface area contributed by atoms with E-state index in [0.717, 1.165) is 22.5 Å². The van der Waals surface area contributed by atoms with Gasteiger partial charge in [-0.1, -0.05) is 18.6 Å². The molecular formula is C14H16BrNO. The Labute approximate surface area is 110 Å². The van der Waals surface area contributed by atoms with E-state index in [2.05, 4.69) is 21.2 Å². The number of halogens is 1. The van der Waals surface area contributed by atoms with Crippen molar-refractivity contribution in [2.75, 3.05) is 5.32 Å². The monoisotopic (exact) mass is 293 g/mol. The van der Waals surface area contributed by atoms with E-state index in [1.807, 2.05) is 24.3 Å². The second-order valence-electron chi connectivity index (χ2n) is 5.25. The van der Waals surface area contributed by atoms with Crippen molar-refractivity contribution < 1.29 is 4.79 Å². The number of nitrogens with one attached hydrogen (secondary N) is 1. The van der Waals surface area contributed by atoms with E-state index in [0.29, 0.717) is 5.92 Å². The third-order valence-electron chi connectivity index (χ3n) is 4.21. The molecule has 1 N–H and O–H groups in total. The number of anilines is 1. The van der Waals surface area contributed by atoms with Gasteiger partial charge in [-0.05, 0) is 59.2 Å². The van der Waals surface area contributed by atoms with E-state index in [1.165, 1.54) is 19.3 Å². The molecule has 2 nitrogen and oxygen atoms in total. The van der Waals surface area contributed by atoms with E-state index < -0.39 is 0 Å². The van der Waals surface area contributed by atoms with Crippen LogP contribution in [0.4, 0.5) is 5.69 Å². The van der Waals surface area contributed by atoms with Gasteiger partial charge in [0.25, 0.3) is 0 Å². The highest BCUT2D eigenvalue weighted by Gasteiger charge is 2.43. The molecule has 0 unspecified atom stereocenters. The molecule has 0 aliphatic heterocycles. The molecular weight excluding hydrogens is 278 g/mol. The highest BCUT2D eigenvalue weighted by atomic mass is 79.9. The summed E-state index contributed by atoms with van der Waals surface area (Å²) in [5.74, 6) is 1.92. The topological polar surface area (TPSA) is 29.1 Å². The molecule has 17 heavy (non-hydrogen) atoms. The number of carbonyl (C=O) groups is 1. The summed E-state index contributed by atoms with van der Waals surface area (Å²) in [7, 11) is 0. The lowest BCUT2D eigenvalue weighted by Crippen LogP contribution is -2.27. The average Bonchev–Trinajstić information content (AvgIpc) is 2.94. The summed E-state index contributed by atoms with van der Waals surface area (Å²) >= 11 is 3.46. The minimum Gasteiger partial charge on any atom is -0.325 e. The summed E-state index contributed by atoms with van der Waals surface area (Å²) in [5, 5.41) is 3.05. The lowest BCUT2D eigenvalue weighted by atomic mass is 9.88. The van der Waals surface area contributed by atoms with Gasteiger partial charge in [-0.25, -0.2) is 0 Å². The molecule has 0 spiro atoms. The largest absolute Gasteiger partial charge is 0.325 e. The van der Waals surface area contributed by atoms with Gasteiger partial charge in [0, 0.05) is 10.4 Å². The maximum atomic E-state index is 12.2. The van der Waals surface area contributed by atoms with Crippen LogP contribution in [0.3, 0.4) is 0 Å². The van der Waals surface area contributed by atoms with Crippen LogP contribution in [-0.2, 0) is 4.79 Å². The van der Waals surface area contributed by atoms with Crippen molar-refractivity contribution in [1.29, 1.82) is 0 Å². The summed E-state index contributed by atoms with van der Waals surface area (Å²) in [6.07, 6.45) is 4.96.